The standard InChI is InChI=1S/C11H32O8Si6/c1-12-23(8)16-22(7)11-20(3,4)14-21(5,6)15-25(10,17-22)19-24(9,13-2)18-23/h11H2,1-10H3/t22?,23-,24?,25-/m0/s1. The zero-order chi connectivity index (χ0) is 19.4. The minimum Gasteiger partial charge on any atom is -0.437 e. The Bertz CT molecular complexity index is 483. The largest absolute Gasteiger partial charge is 0.482 e. The van der Waals surface area contributed by atoms with Crippen LogP contribution in [0.25, 0.3) is 0 Å². The van der Waals surface area contributed by atoms with E-state index in [0.29, 0.717) is 0 Å². The summed E-state index contributed by atoms with van der Waals surface area (Å²) < 4.78 is 49.9. The summed E-state index contributed by atoms with van der Waals surface area (Å²) in [6, 6.07) is 0. The molecule has 2 rings (SSSR count). The maximum atomic E-state index is 6.60. The second-order valence-electron chi connectivity index (χ2n) is 8.08. The van der Waals surface area contributed by atoms with E-state index in [1.54, 1.807) is 14.2 Å². The van der Waals surface area contributed by atoms with Crippen LogP contribution in [-0.4, -0.2) is 66.1 Å². The molecule has 8 nitrogen and oxygen atoms in total. The maximum Gasteiger partial charge on any atom is 0.482 e. The summed E-state index contributed by atoms with van der Waals surface area (Å²) in [5.41, 5.74) is 0.770. The SMILES string of the molecule is CO[Si]1(C)O[Si@@](C)(OC)O[Si]2(C)C[Si](C)(C)O[Si](C)(C)O[Si@@](C)(O2)O1. The molecular weight excluding hydrogens is 429 g/mol. The van der Waals surface area contributed by atoms with Crippen molar-refractivity contribution in [1.82, 2.24) is 0 Å². The maximum absolute atomic E-state index is 6.60. The van der Waals surface area contributed by atoms with Crippen LogP contribution in [0.1, 0.15) is 0 Å². The van der Waals surface area contributed by atoms with Crippen LogP contribution in [-0.2, 0) is 33.5 Å². The first-order valence-corrected chi connectivity index (χ1v) is 23.5. The molecule has 4 atom stereocenters. The highest BCUT2D eigenvalue weighted by atomic mass is 28.6. The van der Waals surface area contributed by atoms with E-state index < -0.39 is 51.9 Å². The van der Waals surface area contributed by atoms with Crippen molar-refractivity contribution in [3.8, 4) is 0 Å². The van der Waals surface area contributed by atoms with Crippen molar-refractivity contribution in [2.45, 2.75) is 58.0 Å². The van der Waals surface area contributed by atoms with E-state index in [9.17, 15) is 0 Å². The van der Waals surface area contributed by atoms with Gasteiger partial charge < -0.3 is 33.5 Å². The van der Waals surface area contributed by atoms with Crippen molar-refractivity contribution in [2.24, 2.45) is 0 Å². The van der Waals surface area contributed by atoms with Crippen LogP contribution < -0.4 is 0 Å². The molecule has 0 radical (unpaired) electrons. The van der Waals surface area contributed by atoms with Crippen molar-refractivity contribution < 1.29 is 33.5 Å². The highest BCUT2D eigenvalue weighted by molar-refractivity contribution is 7.00. The van der Waals surface area contributed by atoms with Crippen LogP contribution in [0.5, 0.6) is 0 Å². The molecule has 2 heterocycles. The molecule has 0 saturated carbocycles. The van der Waals surface area contributed by atoms with Gasteiger partial charge >= 0.3 is 43.5 Å². The van der Waals surface area contributed by atoms with Gasteiger partial charge in [0.25, 0.3) is 0 Å². The van der Waals surface area contributed by atoms with Crippen molar-refractivity contribution >= 4 is 51.9 Å². The van der Waals surface area contributed by atoms with Crippen LogP contribution in [0.3, 0.4) is 0 Å². The number of hydrogen-bond acceptors (Lipinski definition) is 8. The van der Waals surface area contributed by atoms with Gasteiger partial charge in [-0.3, -0.25) is 0 Å². The van der Waals surface area contributed by atoms with Gasteiger partial charge in [-0.2, -0.15) is 0 Å². The summed E-state index contributed by atoms with van der Waals surface area (Å²) in [6.45, 7) is 16.1. The summed E-state index contributed by atoms with van der Waals surface area (Å²) in [5.74, 6) is 0. The lowest BCUT2D eigenvalue weighted by atomic mass is 11.8. The Labute approximate surface area is 157 Å². The Morgan fingerprint density at radius 2 is 1.12 bits per heavy atom. The van der Waals surface area contributed by atoms with Gasteiger partial charge in [0.05, 0.1) is 0 Å². The predicted octanol–water partition coefficient (Wildman–Crippen LogP) is 2.63. The van der Waals surface area contributed by atoms with Crippen LogP contribution >= 0.6 is 0 Å². The molecule has 2 aliphatic rings. The van der Waals surface area contributed by atoms with Gasteiger partial charge in [0.1, 0.15) is 0 Å². The Hall–Kier alpha value is 0.981. The third-order valence-electron chi connectivity index (χ3n) is 3.99. The fourth-order valence-electron chi connectivity index (χ4n) is 3.76. The monoisotopic (exact) mass is 460 g/mol. The minimum atomic E-state index is -3.08. The van der Waals surface area contributed by atoms with Crippen LogP contribution in [0.4, 0.5) is 0 Å². The van der Waals surface area contributed by atoms with Gasteiger partial charge in [0, 0.05) is 39.5 Å². The molecule has 25 heavy (non-hydrogen) atoms. The second kappa shape index (κ2) is 6.80. The average molecular weight is 461 g/mol. The molecule has 2 unspecified atom stereocenters. The number of hydrogen-bond donors (Lipinski definition) is 0. The molecule has 2 aliphatic heterocycles. The van der Waals surface area contributed by atoms with Gasteiger partial charge in [-0.25, -0.2) is 0 Å². The molecule has 0 N–H and O–H groups in total. The van der Waals surface area contributed by atoms with Crippen LogP contribution in [0, 0.1) is 0 Å². The molecule has 0 amide bonds. The second-order valence-corrected chi connectivity index (χ2v) is 29.0. The summed E-state index contributed by atoms with van der Waals surface area (Å²) in [7, 11) is -13.1. The quantitative estimate of drug-likeness (QED) is 0.582. The van der Waals surface area contributed by atoms with E-state index in [4.69, 9.17) is 33.5 Å². The van der Waals surface area contributed by atoms with Crippen molar-refractivity contribution in [1.29, 1.82) is 0 Å². The third kappa shape index (κ3) is 5.50. The molecule has 2 saturated heterocycles. The summed E-state index contributed by atoms with van der Waals surface area (Å²) in [6.07, 6.45) is 0. The highest BCUT2D eigenvalue weighted by Crippen LogP contribution is 2.39. The van der Waals surface area contributed by atoms with E-state index >= 15 is 0 Å². The first-order chi connectivity index (χ1) is 11.1. The molecule has 2 fully saturated rings. The first kappa shape index (κ1) is 22.3. The fourth-order valence-corrected chi connectivity index (χ4v) is 38.4. The third-order valence-corrected chi connectivity index (χ3v) is 31.4. The molecular formula is C11H32O8Si6. The summed E-state index contributed by atoms with van der Waals surface area (Å²) in [5, 5.41) is 0. The van der Waals surface area contributed by atoms with E-state index in [0.717, 1.165) is 5.67 Å². The Kier molecular flexibility index (Phi) is 6.05. The van der Waals surface area contributed by atoms with Crippen LogP contribution in [0.15, 0.2) is 0 Å². The Balaban J connectivity index is 2.51. The van der Waals surface area contributed by atoms with Gasteiger partial charge in [-0.15, -0.1) is 0 Å². The molecule has 0 aromatic rings. The summed E-state index contributed by atoms with van der Waals surface area (Å²) >= 11 is 0. The van der Waals surface area contributed by atoms with Crippen molar-refractivity contribution in [2.75, 3.05) is 14.2 Å². The Morgan fingerprint density at radius 1 is 0.600 bits per heavy atom. The van der Waals surface area contributed by atoms with Gasteiger partial charge in [0.2, 0.25) is 0 Å². The minimum absolute atomic E-state index is 0.770. The van der Waals surface area contributed by atoms with Gasteiger partial charge in [-0.05, 0) is 32.7 Å². The molecule has 0 aromatic heterocycles. The normalized spacial score (nSPS) is 47.3. The Morgan fingerprint density at radius 3 is 1.64 bits per heavy atom. The lowest BCUT2D eigenvalue weighted by Gasteiger charge is -2.52. The highest BCUT2D eigenvalue weighted by Gasteiger charge is 2.64. The van der Waals surface area contributed by atoms with Crippen LogP contribution in [0.2, 0.25) is 58.0 Å². The molecule has 2 bridgehead atoms. The molecule has 14 heteroatoms. The lowest BCUT2D eigenvalue weighted by molar-refractivity contribution is 0.0802. The van der Waals surface area contributed by atoms with Crippen molar-refractivity contribution in [3.63, 3.8) is 0 Å². The van der Waals surface area contributed by atoms with Gasteiger partial charge in [-0.1, -0.05) is 0 Å². The van der Waals surface area contributed by atoms with E-state index in [2.05, 4.69) is 13.1 Å². The molecule has 148 valence electrons. The van der Waals surface area contributed by atoms with Crippen molar-refractivity contribution in [3.05, 3.63) is 0 Å². The van der Waals surface area contributed by atoms with E-state index in [1.165, 1.54) is 0 Å². The zero-order valence-electron chi connectivity index (χ0n) is 17.0. The fraction of sp³-hybridized carbons (Fsp3) is 1.00. The van der Waals surface area contributed by atoms with E-state index in [1.807, 2.05) is 39.3 Å². The van der Waals surface area contributed by atoms with E-state index in [-0.39, 0.29) is 0 Å². The molecule has 0 aliphatic carbocycles. The topological polar surface area (TPSA) is 73.8 Å². The lowest BCUT2D eigenvalue weighted by Crippen LogP contribution is -2.73. The zero-order valence-corrected chi connectivity index (χ0v) is 23.0. The number of fused-ring (bicyclic) bond motifs is 2. The molecule has 0 aromatic carbocycles. The predicted molar refractivity (Wildman–Crippen MR) is 107 cm³/mol. The number of rotatable bonds is 2. The smallest absolute Gasteiger partial charge is 0.437 e. The van der Waals surface area contributed by atoms with Gasteiger partial charge in [0.15, 0.2) is 8.32 Å². The average Bonchev–Trinajstić information content (AvgIpc) is 2.30. The summed E-state index contributed by atoms with van der Waals surface area (Å²) in [4.78, 5) is 0. The molecule has 0 spiro atoms. The first-order valence-electron chi connectivity index (χ1n) is 8.38.